The van der Waals surface area contributed by atoms with Gasteiger partial charge in [-0.05, 0) is 49.9 Å². The number of rotatable bonds is 14. The highest BCUT2D eigenvalue weighted by Gasteiger charge is 2.08. The Balaban J connectivity index is 1.48. The van der Waals surface area contributed by atoms with Crippen LogP contribution in [-0.4, -0.2) is 16.0 Å². The lowest BCUT2D eigenvalue weighted by atomic mass is 10.1. The van der Waals surface area contributed by atoms with Crippen LogP contribution in [0.15, 0.2) is 48.8 Å². The molecule has 3 nitrogen and oxygen atoms in total. The van der Waals surface area contributed by atoms with Crippen molar-refractivity contribution in [2.45, 2.75) is 78.1 Å². The molecule has 30 heavy (non-hydrogen) atoms. The zero-order valence-electron chi connectivity index (χ0n) is 18.6. The zero-order valence-corrected chi connectivity index (χ0v) is 19.4. The predicted octanol–water partition coefficient (Wildman–Crippen LogP) is 8.09. The second-order valence-electron chi connectivity index (χ2n) is 7.98. The fraction of sp³-hybridized carbons (Fsp3) is 0.500. The summed E-state index contributed by atoms with van der Waals surface area (Å²) in [5.41, 5.74) is 2.16. The second kappa shape index (κ2) is 12.6. The molecule has 0 amide bonds. The molecule has 0 aliphatic heterocycles. The van der Waals surface area contributed by atoms with Gasteiger partial charge in [-0.3, -0.25) is 4.40 Å². The third-order valence-corrected chi connectivity index (χ3v) is 6.42. The highest BCUT2D eigenvalue weighted by atomic mass is 32.1. The van der Waals surface area contributed by atoms with Gasteiger partial charge < -0.3 is 4.74 Å². The largest absolute Gasteiger partial charge is 0.490 e. The molecule has 3 rings (SSSR count). The van der Waals surface area contributed by atoms with Crippen LogP contribution in [0.25, 0.3) is 16.2 Å². The van der Waals surface area contributed by atoms with E-state index in [1.807, 2.05) is 23.5 Å². The van der Waals surface area contributed by atoms with Crippen LogP contribution in [0, 0.1) is 0 Å². The lowest BCUT2D eigenvalue weighted by molar-refractivity contribution is 0.362. The normalized spacial score (nSPS) is 11.7. The number of nitrogens with zero attached hydrogens (tertiary/aromatic N) is 2. The minimum absolute atomic E-state index is 0.632. The average molecular weight is 425 g/mol. The number of imidazole rings is 1. The van der Waals surface area contributed by atoms with Gasteiger partial charge in [0, 0.05) is 22.8 Å². The summed E-state index contributed by atoms with van der Waals surface area (Å²) in [4.78, 5) is 7.35. The van der Waals surface area contributed by atoms with Crippen molar-refractivity contribution >= 4 is 16.3 Å². The van der Waals surface area contributed by atoms with Crippen molar-refractivity contribution in [2.24, 2.45) is 0 Å². The molecule has 0 radical (unpaired) electrons. The van der Waals surface area contributed by atoms with Crippen LogP contribution in [0.4, 0.5) is 0 Å². The highest BCUT2D eigenvalue weighted by molar-refractivity contribution is 7.17. The Kier molecular flexibility index (Phi) is 9.49. The molecule has 0 saturated carbocycles. The molecular formula is C26H36N2OS. The number of benzene rings is 1. The van der Waals surface area contributed by atoms with E-state index in [0.717, 1.165) is 28.4 Å². The van der Waals surface area contributed by atoms with Crippen LogP contribution in [-0.2, 0) is 6.42 Å². The average Bonchev–Trinajstić information content (AvgIpc) is 3.32. The van der Waals surface area contributed by atoms with E-state index in [-0.39, 0.29) is 0 Å². The number of allylic oxidation sites excluding steroid dienone is 1. The number of ether oxygens (including phenoxy) is 1. The Hall–Kier alpha value is -2.07. The molecule has 1 aromatic carbocycles. The molecule has 3 aromatic rings. The Morgan fingerprint density at radius 1 is 0.900 bits per heavy atom. The zero-order chi connectivity index (χ0) is 21.0. The Morgan fingerprint density at radius 3 is 2.43 bits per heavy atom. The number of aryl methyl sites for hydroxylation is 1. The van der Waals surface area contributed by atoms with Crippen molar-refractivity contribution in [1.82, 2.24) is 9.38 Å². The van der Waals surface area contributed by atoms with Gasteiger partial charge in [0.05, 0.1) is 5.69 Å². The van der Waals surface area contributed by atoms with Gasteiger partial charge in [-0.1, -0.05) is 64.5 Å². The van der Waals surface area contributed by atoms with Crippen molar-refractivity contribution < 1.29 is 4.74 Å². The molecule has 162 valence electrons. The van der Waals surface area contributed by atoms with E-state index >= 15 is 0 Å². The van der Waals surface area contributed by atoms with Crippen LogP contribution in [0.3, 0.4) is 0 Å². The molecule has 0 saturated heterocycles. The fourth-order valence-corrected chi connectivity index (χ4v) is 4.57. The van der Waals surface area contributed by atoms with Gasteiger partial charge in [0.2, 0.25) is 0 Å². The minimum Gasteiger partial charge on any atom is -0.490 e. The van der Waals surface area contributed by atoms with Gasteiger partial charge in [0.15, 0.2) is 4.96 Å². The fourth-order valence-electron chi connectivity index (χ4n) is 3.57. The molecule has 0 aliphatic rings. The highest BCUT2D eigenvalue weighted by Crippen LogP contribution is 2.26. The van der Waals surface area contributed by atoms with E-state index < -0.39 is 0 Å². The van der Waals surface area contributed by atoms with Crippen molar-refractivity contribution in [3.63, 3.8) is 0 Å². The molecule has 0 atom stereocenters. The third-order valence-electron chi connectivity index (χ3n) is 5.37. The maximum Gasteiger partial charge on any atom is 0.194 e. The first kappa shape index (κ1) is 22.6. The summed E-state index contributed by atoms with van der Waals surface area (Å²) in [7, 11) is 0. The SMILES string of the molecule is CCCCCC=CCOc1ccc(-c2cn3cc(CCCCCCC)sc3n2)cc1. The molecule has 2 heterocycles. The molecule has 0 unspecified atom stereocenters. The van der Waals surface area contributed by atoms with Crippen molar-refractivity contribution in [3.8, 4) is 17.0 Å². The molecule has 0 N–H and O–H groups in total. The maximum absolute atomic E-state index is 5.81. The first-order valence-corrected chi connectivity index (χ1v) is 12.5. The molecule has 0 bridgehead atoms. The summed E-state index contributed by atoms with van der Waals surface area (Å²) < 4.78 is 7.99. The molecule has 0 fully saturated rings. The molecular weight excluding hydrogens is 388 g/mol. The number of thiazole rings is 1. The van der Waals surface area contributed by atoms with E-state index in [1.165, 1.54) is 62.7 Å². The van der Waals surface area contributed by atoms with E-state index in [9.17, 15) is 0 Å². The summed E-state index contributed by atoms with van der Waals surface area (Å²) in [6.07, 6.45) is 21.5. The number of unbranched alkanes of at least 4 members (excludes halogenated alkanes) is 7. The number of hydrogen-bond acceptors (Lipinski definition) is 3. The van der Waals surface area contributed by atoms with Gasteiger partial charge in [-0.2, -0.15) is 0 Å². The second-order valence-corrected chi connectivity index (χ2v) is 9.07. The van der Waals surface area contributed by atoms with Crippen molar-refractivity contribution in [3.05, 3.63) is 53.7 Å². The minimum atomic E-state index is 0.632. The van der Waals surface area contributed by atoms with Crippen molar-refractivity contribution in [1.29, 1.82) is 0 Å². The summed E-state index contributed by atoms with van der Waals surface area (Å²) in [6, 6.07) is 8.27. The monoisotopic (exact) mass is 424 g/mol. The number of aromatic nitrogens is 2. The Morgan fingerprint density at radius 2 is 1.67 bits per heavy atom. The Labute approximate surface area is 185 Å². The Bertz CT molecular complexity index is 860. The van der Waals surface area contributed by atoms with Crippen LogP contribution >= 0.6 is 11.3 Å². The van der Waals surface area contributed by atoms with Gasteiger partial charge >= 0.3 is 0 Å². The van der Waals surface area contributed by atoms with E-state index in [2.05, 4.69) is 54.9 Å². The lowest BCUT2D eigenvalue weighted by Crippen LogP contribution is -1.93. The van der Waals surface area contributed by atoms with E-state index in [0.29, 0.717) is 6.61 Å². The summed E-state index contributed by atoms with van der Waals surface area (Å²) in [5.74, 6) is 0.906. The topological polar surface area (TPSA) is 26.5 Å². The summed E-state index contributed by atoms with van der Waals surface area (Å²) in [5, 5.41) is 0. The molecule has 0 spiro atoms. The smallest absolute Gasteiger partial charge is 0.194 e. The summed E-state index contributed by atoms with van der Waals surface area (Å²) >= 11 is 1.82. The first-order valence-electron chi connectivity index (χ1n) is 11.7. The number of hydrogen-bond donors (Lipinski definition) is 0. The van der Waals surface area contributed by atoms with Crippen LogP contribution in [0.1, 0.15) is 76.5 Å². The quantitative estimate of drug-likeness (QED) is 0.193. The molecule has 0 aliphatic carbocycles. The third kappa shape index (κ3) is 7.02. The predicted molar refractivity (Wildman–Crippen MR) is 130 cm³/mol. The van der Waals surface area contributed by atoms with Gasteiger partial charge in [0.25, 0.3) is 0 Å². The van der Waals surface area contributed by atoms with E-state index in [1.54, 1.807) is 0 Å². The van der Waals surface area contributed by atoms with Gasteiger partial charge in [-0.25, -0.2) is 4.98 Å². The van der Waals surface area contributed by atoms with Crippen LogP contribution in [0.5, 0.6) is 5.75 Å². The number of fused-ring (bicyclic) bond motifs is 1. The maximum atomic E-state index is 5.81. The molecule has 2 aromatic heterocycles. The first-order chi connectivity index (χ1) is 14.8. The lowest BCUT2D eigenvalue weighted by Gasteiger charge is -2.04. The van der Waals surface area contributed by atoms with Crippen LogP contribution < -0.4 is 4.74 Å². The molecule has 4 heteroatoms. The van der Waals surface area contributed by atoms with Crippen LogP contribution in [0.2, 0.25) is 0 Å². The van der Waals surface area contributed by atoms with Gasteiger partial charge in [0.1, 0.15) is 12.4 Å². The van der Waals surface area contributed by atoms with E-state index in [4.69, 9.17) is 9.72 Å². The standard InChI is InChI=1S/C26H36N2OS/c1-3-5-7-9-11-13-19-29-23-17-15-22(16-18-23)25-21-28-20-24(30-26(28)27-25)14-12-10-8-6-4-2/h11,13,15-18,20-21H,3-10,12,14,19H2,1-2H3. The van der Waals surface area contributed by atoms with Crippen molar-refractivity contribution in [2.75, 3.05) is 6.61 Å². The summed E-state index contributed by atoms with van der Waals surface area (Å²) in [6.45, 7) is 5.13. The van der Waals surface area contributed by atoms with Gasteiger partial charge in [-0.15, -0.1) is 11.3 Å².